The van der Waals surface area contributed by atoms with Gasteiger partial charge in [-0.15, -0.1) is 0 Å². The molecule has 8 aromatic rings. The quantitative estimate of drug-likeness (QED) is 0.202. The molecule has 1 aliphatic rings. The zero-order valence-corrected chi connectivity index (χ0v) is 24.3. The van der Waals surface area contributed by atoms with Gasteiger partial charge >= 0.3 is 0 Å². The summed E-state index contributed by atoms with van der Waals surface area (Å²) in [6.07, 6.45) is 9.14. The van der Waals surface area contributed by atoms with Crippen LogP contribution in [-0.2, 0) is 0 Å². The van der Waals surface area contributed by atoms with Gasteiger partial charge in [-0.05, 0) is 72.0 Å². The Balaban J connectivity index is 1.31. The second kappa shape index (κ2) is 10.00. The van der Waals surface area contributed by atoms with Crippen molar-refractivity contribution in [1.82, 2.24) is 9.13 Å². The van der Waals surface area contributed by atoms with Gasteiger partial charge in [0.2, 0.25) is 0 Å². The van der Waals surface area contributed by atoms with Gasteiger partial charge in [-0.3, -0.25) is 0 Å². The average molecular weight is 563 g/mol. The fraction of sp³-hybridized carbons (Fsp3) is 0.0476. The van der Waals surface area contributed by atoms with Crippen molar-refractivity contribution in [1.29, 1.82) is 0 Å². The molecule has 2 heterocycles. The number of hydrogen-bond donors (Lipinski definition) is 0. The second-order valence-electron chi connectivity index (χ2n) is 11.6. The summed E-state index contributed by atoms with van der Waals surface area (Å²) >= 11 is 0. The molecule has 0 atom stereocenters. The lowest BCUT2D eigenvalue weighted by Gasteiger charge is -2.18. The molecule has 0 unspecified atom stereocenters. The summed E-state index contributed by atoms with van der Waals surface area (Å²) in [5.74, 6) is 0. The zero-order valence-electron chi connectivity index (χ0n) is 24.3. The van der Waals surface area contributed by atoms with Crippen molar-refractivity contribution in [3.8, 4) is 22.5 Å². The number of nitrogens with zero attached hydrogens (tertiary/aromatic N) is 2. The third-order valence-electron chi connectivity index (χ3n) is 9.16. The fourth-order valence-electron chi connectivity index (χ4n) is 7.24. The molecule has 0 saturated carbocycles. The first-order chi connectivity index (χ1) is 21.9. The van der Waals surface area contributed by atoms with Crippen LogP contribution in [0.2, 0.25) is 0 Å². The van der Waals surface area contributed by atoms with Crippen LogP contribution in [0.4, 0.5) is 0 Å². The second-order valence-corrected chi connectivity index (χ2v) is 11.6. The summed E-state index contributed by atoms with van der Waals surface area (Å²) in [7, 11) is 0. The SMILES string of the molecule is C1=CC(c2ccccc2-c2ccccc2-n2c3ccccc3c3cc(-n4c5ccccc5c5ccccc54)ccc32)=CCC1. The number of allylic oxidation sites excluding steroid dienone is 4. The topological polar surface area (TPSA) is 9.86 Å². The third-order valence-corrected chi connectivity index (χ3v) is 9.16. The normalized spacial score (nSPS) is 13.3. The van der Waals surface area contributed by atoms with Crippen LogP contribution in [0.5, 0.6) is 0 Å². The van der Waals surface area contributed by atoms with Gasteiger partial charge in [0, 0.05) is 32.8 Å². The molecule has 208 valence electrons. The van der Waals surface area contributed by atoms with Gasteiger partial charge in [-0.25, -0.2) is 0 Å². The molecule has 9 rings (SSSR count). The van der Waals surface area contributed by atoms with Gasteiger partial charge in [0.05, 0.1) is 27.8 Å². The van der Waals surface area contributed by atoms with Crippen LogP contribution in [0.25, 0.3) is 71.7 Å². The largest absolute Gasteiger partial charge is 0.309 e. The number of hydrogen-bond acceptors (Lipinski definition) is 0. The van der Waals surface area contributed by atoms with Crippen LogP contribution >= 0.6 is 0 Å². The molecule has 1 aliphatic carbocycles. The summed E-state index contributed by atoms with van der Waals surface area (Å²) in [5, 5.41) is 5.06. The van der Waals surface area contributed by atoms with Crippen molar-refractivity contribution < 1.29 is 0 Å². The molecule has 2 heteroatoms. The smallest absolute Gasteiger partial charge is 0.0542 e. The Morgan fingerprint density at radius 2 is 0.955 bits per heavy atom. The Hall–Kier alpha value is -5.60. The maximum Gasteiger partial charge on any atom is 0.0542 e. The molecule has 0 spiro atoms. The molecule has 0 fully saturated rings. The molecule has 44 heavy (non-hydrogen) atoms. The minimum absolute atomic E-state index is 1.09. The van der Waals surface area contributed by atoms with E-state index in [1.807, 2.05) is 0 Å². The van der Waals surface area contributed by atoms with Gasteiger partial charge in [0.15, 0.2) is 0 Å². The van der Waals surface area contributed by atoms with Crippen molar-refractivity contribution in [3.63, 3.8) is 0 Å². The van der Waals surface area contributed by atoms with Crippen molar-refractivity contribution in [3.05, 3.63) is 163 Å². The van der Waals surface area contributed by atoms with E-state index < -0.39 is 0 Å². The number of benzene rings is 6. The lowest BCUT2D eigenvalue weighted by Crippen LogP contribution is -1.99. The monoisotopic (exact) mass is 562 g/mol. The van der Waals surface area contributed by atoms with E-state index in [1.54, 1.807) is 0 Å². The van der Waals surface area contributed by atoms with E-state index in [0.29, 0.717) is 0 Å². The molecule has 2 aromatic heterocycles. The Bertz CT molecular complexity index is 2390. The van der Waals surface area contributed by atoms with E-state index in [1.165, 1.54) is 77.2 Å². The zero-order chi connectivity index (χ0) is 29.0. The molecule has 0 N–H and O–H groups in total. The van der Waals surface area contributed by atoms with Gasteiger partial charge in [0.25, 0.3) is 0 Å². The number of aromatic nitrogens is 2. The Labute approximate surface area is 256 Å². The van der Waals surface area contributed by atoms with Gasteiger partial charge in [-0.1, -0.05) is 115 Å². The minimum atomic E-state index is 1.09. The van der Waals surface area contributed by atoms with Crippen LogP contribution in [-0.4, -0.2) is 9.13 Å². The summed E-state index contributed by atoms with van der Waals surface area (Å²) in [5.41, 5.74) is 12.3. The number of fused-ring (bicyclic) bond motifs is 6. The molecule has 0 aliphatic heterocycles. The van der Waals surface area contributed by atoms with E-state index in [2.05, 4.69) is 167 Å². The van der Waals surface area contributed by atoms with E-state index in [-0.39, 0.29) is 0 Å². The Morgan fingerprint density at radius 3 is 1.64 bits per heavy atom. The van der Waals surface area contributed by atoms with Crippen LogP contribution in [0.1, 0.15) is 18.4 Å². The summed E-state index contributed by atoms with van der Waals surface area (Å²) < 4.78 is 4.86. The first-order valence-electron chi connectivity index (χ1n) is 15.4. The van der Waals surface area contributed by atoms with E-state index in [9.17, 15) is 0 Å². The van der Waals surface area contributed by atoms with Crippen LogP contribution in [0.15, 0.2) is 158 Å². The first-order valence-corrected chi connectivity index (χ1v) is 15.4. The van der Waals surface area contributed by atoms with E-state index >= 15 is 0 Å². The number of para-hydroxylation sites is 4. The summed E-state index contributed by atoms with van der Waals surface area (Å²) in [6.45, 7) is 0. The maximum atomic E-state index is 2.46. The standard InChI is InChI=1S/C42H30N2/c1-2-14-29(15-3-1)31-16-4-5-17-32(31)33-18-6-12-24-40(33)44-41-25-13-9-21-36(41)37-28-30(26-27-42(37)44)43-38-22-10-7-19-34(38)35-20-8-11-23-39(35)43/h2,4-28H,1,3H2. The summed E-state index contributed by atoms with van der Waals surface area (Å²) in [6, 6.07) is 50.9. The van der Waals surface area contributed by atoms with Crippen molar-refractivity contribution in [2.24, 2.45) is 0 Å². The molecule has 0 saturated heterocycles. The van der Waals surface area contributed by atoms with Crippen molar-refractivity contribution >= 4 is 49.2 Å². The highest BCUT2D eigenvalue weighted by Crippen LogP contribution is 2.40. The lowest BCUT2D eigenvalue weighted by molar-refractivity contribution is 1.04. The highest BCUT2D eigenvalue weighted by molar-refractivity contribution is 6.12. The molecule has 6 aromatic carbocycles. The first kappa shape index (κ1) is 24.9. The van der Waals surface area contributed by atoms with Crippen molar-refractivity contribution in [2.75, 3.05) is 0 Å². The highest BCUT2D eigenvalue weighted by Gasteiger charge is 2.19. The fourth-order valence-corrected chi connectivity index (χ4v) is 7.24. The molecule has 2 nitrogen and oxygen atoms in total. The molecular weight excluding hydrogens is 532 g/mol. The molecule has 0 radical (unpaired) electrons. The molecule has 0 bridgehead atoms. The van der Waals surface area contributed by atoms with E-state index in [0.717, 1.165) is 12.8 Å². The third kappa shape index (κ3) is 3.74. The van der Waals surface area contributed by atoms with Crippen LogP contribution < -0.4 is 0 Å². The summed E-state index contributed by atoms with van der Waals surface area (Å²) in [4.78, 5) is 0. The minimum Gasteiger partial charge on any atom is -0.309 e. The Kier molecular flexibility index (Phi) is 5.67. The predicted octanol–water partition coefficient (Wildman–Crippen LogP) is 11.3. The predicted molar refractivity (Wildman–Crippen MR) is 187 cm³/mol. The van der Waals surface area contributed by atoms with Crippen molar-refractivity contribution in [2.45, 2.75) is 12.8 Å². The van der Waals surface area contributed by atoms with Crippen LogP contribution in [0, 0.1) is 0 Å². The van der Waals surface area contributed by atoms with Gasteiger partial charge < -0.3 is 9.13 Å². The number of rotatable bonds is 4. The highest BCUT2D eigenvalue weighted by atomic mass is 15.0. The van der Waals surface area contributed by atoms with Gasteiger partial charge in [-0.2, -0.15) is 0 Å². The van der Waals surface area contributed by atoms with Gasteiger partial charge in [0.1, 0.15) is 0 Å². The van der Waals surface area contributed by atoms with E-state index in [4.69, 9.17) is 0 Å². The maximum absolute atomic E-state index is 2.46. The Morgan fingerprint density at radius 1 is 0.409 bits per heavy atom. The lowest BCUT2D eigenvalue weighted by atomic mass is 9.91. The average Bonchev–Trinajstić information content (AvgIpc) is 3.61. The van der Waals surface area contributed by atoms with Crippen LogP contribution in [0.3, 0.4) is 0 Å². The molecule has 0 amide bonds. The molecular formula is C42H30N2.